The van der Waals surface area contributed by atoms with Crippen LogP contribution in [0.4, 0.5) is 17.2 Å². The summed E-state index contributed by atoms with van der Waals surface area (Å²) in [6, 6.07) is 13.5. The Hall–Kier alpha value is -3.28. The first kappa shape index (κ1) is 16.2. The lowest BCUT2D eigenvalue weighted by molar-refractivity contribution is 0.0897. The summed E-state index contributed by atoms with van der Waals surface area (Å²) in [5.41, 5.74) is 10.5. The predicted molar refractivity (Wildman–Crippen MR) is 103 cm³/mol. The Morgan fingerprint density at radius 2 is 1.96 bits per heavy atom. The minimum absolute atomic E-state index is 0.0841. The lowest BCUT2D eigenvalue weighted by Gasteiger charge is -2.30. The zero-order valence-corrected chi connectivity index (χ0v) is 14.8. The van der Waals surface area contributed by atoms with Gasteiger partial charge in [-0.15, -0.1) is 0 Å². The molecule has 0 fully saturated rings. The lowest BCUT2D eigenvalue weighted by Crippen LogP contribution is -2.49. The van der Waals surface area contributed by atoms with Gasteiger partial charge in [0.1, 0.15) is 5.82 Å². The molecule has 0 saturated carbocycles. The average molecular weight is 347 g/mol. The fourth-order valence-corrected chi connectivity index (χ4v) is 3.40. The van der Waals surface area contributed by atoms with Crippen LogP contribution in [0.25, 0.3) is 11.3 Å². The van der Waals surface area contributed by atoms with Crippen LogP contribution in [0, 0.1) is 0 Å². The molecule has 1 amide bonds. The molecule has 0 unspecified atom stereocenters. The Balaban J connectivity index is 1.89. The number of amides is 1. The molecule has 0 radical (unpaired) electrons. The highest BCUT2D eigenvalue weighted by atomic mass is 16.2. The molecule has 6 heteroatoms. The molecule has 26 heavy (non-hydrogen) atoms. The molecule has 0 aliphatic carbocycles. The number of para-hydroxylation sites is 1. The van der Waals surface area contributed by atoms with Crippen LogP contribution in [-0.4, -0.2) is 21.4 Å². The van der Waals surface area contributed by atoms with Crippen molar-refractivity contribution in [2.75, 3.05) is 11.1 Å². The monoisotopic (exact) mass is 347 g/mol. The van der Waals surface area contributed by atoms with Gasteiger partial charge in [0.25, 0.3) is 5.91 Å². The normalized spacial score (nSPS) is 15.2. The molecule has 4 rings (SSSR count). The molecule has 132 valence electrons. The van der Waals surface area contributed by atoms with Crippen molar-refractivity contribution in [3.63, 3.8) is 0 Å². The zero-order chi connectivity index (χ0) is 18.3. The summed E-state index contributed by atoms with van der Waals surface area (Å²) in [6.07, 6.45) is 2.39. The Labute approximate surface area is 151 Å². The number of nitrogen functional groups attached to an aromatic ring is 1. The molecular weight excluding hydrogens is 326 g/mol. The van der Waals surface area contributed by atoms with Crippen LogP contribution in [0.1, 0.15) is 29.9 Å². The molecule has 6 nitrogen and oxygen atoms in total. The number of nitrogens with two attached hydrogens (primary N) is 1. The predicted octanol–water partition coefficient (Wildman–Crippen LogP) is 3.47. The highest BCUT2D eigenvalue weighted by molar-refractivity contribution is 6.06. The number of anilines is 3. The first-order valence-corrected chi connectivity index (χ1v) is 8.54. The number of aromatic nitrogens is 2. The molecule has 0 spiro atoms. The largest absolute Gasteiger partial charge is 0.384 e. The number of benzene rings is 1. The number of rotatable bonds is 3. The van der Waals surface area contributed by atoms with Gasteiger partial charge in [-0.1, -0.05) is 18.2 Å². The van der Waals surface area contributed by atoms with Crippen molar-refractivity contribution in [2.45, 2.75) is 25.8 Å². The number of aromatic amines is 1. The van der Waals surface area contributed by atoms with Crippen LogP contribution in [0.3, 0.4) is 0 Å². The number of pyridine rings is 1. The maximum absolute atomic E-state index is 12.8. The summed E-state index contributed by atoms with van der Waals surface area (Å²) in [6.45, 7) is 4.03. The molecule has 2 aromatic heterocycles. The van der Waals surface area contributed by atoms with E-state index in [4.69, 9.17) is 5.73 Å². The van der Waals surface area contributed by atoms with Crippen LogP contribution in [0.2, 0.25) is 0 Å². The van der Waals surface area contributed by atoms with E-state index in [1.807, 2.05) is 50.2 Å². The summed E-state index contributed by atoms with van der Waals surface area (Å²) in [5, 5.41) is 6.48. The SMILES string of the molecule is CC1(C)Cc2[nH]c(-c3ccnc(N)c3)c(Nc3ccccc3)c2C(=O)N1. The first-order chi connectivity index (χ1) is 12.4. The van der Waals surface area contributed by atoms with Crippen LogP contribution >= 0.6 is 0 Å². The maximum atomic E-state index is 12.8. The topological polar surface area (TPSA) is 95.8 Å². The van der Waals surface area contributed by atoms with Gasteiger partial charge in [-0.2, -0.15) is 0 Å². The van der Waals surface area contributed by atoms with E-state index in [-0.39, 0.29) is 11.4 Å². The number of carbonyl (C=O) groups excluding carboxylic acids is 1. The first-order valence-electron chi connectivity index (χ1n) is 8.54. The van der Waals surface area contributed by atoms with Crippen LogP contribution in [0.15, 0.2) is 48.7 Å². The number of nitrogens with one attached hydrogen (secondary N) is 3. The minimum atomic E-state index is -0.298. The molecule has 0 saturated heterocycles. The molecule has 1 aliphatic rings. The van der Waals surface area contributed by atoms with E-state index in [0.717, 1.165) is 34.7 Å². The third-order valence-corrected chi connectivity index (χ3v) is 4.49. The Bertz CT molecular complexity index is 975. The number of hydrogen-bond acceptors (Lipinski definition) is 4. The fourth-order valence-electron chi connectivity index (χ4n) is 3.40. The summed E-state index contributed by atoms with van der Waals surface area (Å²) in [7, 11) is 0. The molecule has 1 aromatic carbocycles. The van der Waals surface area contributed by atoms with Crippen molar-refractivity contribution in [3.05, 3.63) is 59.9 Å². The molecule has 0 bridgehead atoms. The van der Waals surface area contributed by atoms with Gasteiger partial charge in [-0.05, 0) is 38.1 Å². The van der Waals surface area contributed by atoms with Gasteiger partial charge in [-0.25, -0.2) is 4.98 Å². The number of carbonyl (C=O) groups is 1. The van der Waals surface area contributed by atoms with Gasteiger partial charge in [0.05, 0.1) is 16.9 Å². The third-order valence-electron chi connectivity index (χ3n) is 4.49. The van der Waals surface area contributed by atoms with Crippen molar-refractivity contribution in [2.24, 2.45) is 0 Å². The van der Waals surface area contributed by atoms with E-state index in [1.54, 1.807) is 12.3 Å². The van der Waals surface area contributed by atoms with E-state index >= 15 is 0 Å². The standard InChI is InChI=1S/C20H21N5O/c1-20(2)11-14-16(19(26)25-20)18(23-13-6-4-3-5-7-13)17(24-14)12-8-9-22-15(21)10-12/h3-10,23-24H,11H2,1-2H3,(H2,21,22)(H,25,26). The van der Waals surface area contributed by atoms with Crippen molar-refractivity contribution in [1.82, 2.24) is 15.3 Å². The van der Waals surface area contributed by atoms with E-state index in [9.17, 15) is 4.79 Å². The average Bonchev–Trinajstić information content (AvgIpc) is 2.93. The number of H-pyrrole nitrogens is 1. The van der Waals surface area contributed by atoms with Gasteiger partial charge in [0.15, 0.2) is 0 Å². The van der Waals surface area contributed by atoms with Gasteiger partial charge in [0.2, 0.25) is 0 Å². The highest BCUT2D eigenvalue weighted by Crippen LogP contribution is 2.38. The smallest absolute Gasteiger partial charge is 0.255 e. The van der Waals surface area contributed by atoms with Crippen molar-refractivity contribution in [3.8, 4) is 11.3 Å². The molecule has 3 heterocycles. The van der Waals surface area contributed by atoms with Crippen molar-refractivity contribution in [1.29, 1.82) is 0 Å². The molecular formula is C20H21N5O. The fraction of sp³-hybridized carbons (Fsp3) is 0.200. The Morgan fingerprint density at radius 1 is 1.19 bits per heavy atom. The molecule has 0 atom stereocenters. The van der Waals surface area contributed by atoms with Gasteiger partial charge in [0, 0.05) is 35.1 Å². The number of nitrogens with zero attached hydrogens (tertiary/aromatic N) is 1. The second kappa shape index (κ2) is 5.91. The zero-order valence-electron chi connectivity index (χ0n) is 14.8. The Kier molecular flexibility index (Phi) is 3.68. The summed E-state index contributed by atoms with van der Waals surface area (Å²) in [4.78, 5) is 20.3. The van der Waals surface area contributed by atoms with Crippen LogP contribution in [0.5, 0.6) is 0 Å². The van der Waals surface area contributed by atoms with E-state index in [0.29, 0.717) is 11.4 Å². The van der Waals surface area contributed by atoms with Crippen molar-refractivity contribution < 1.29 is 4.79 Å². The highest BCUT2D eigenvalue weighted by Gasteiger charge is 2.35. The van der Waals surface area contributed by atoms with Gasteiger partial charge < -0.3 is 21.4 Å². The summed E-state index contributed by atoms with van der Waals surface area (Å²) >= 11 is 0. The van der Waals surface area contributed by atoms with Crippen molar-refractivity contribution >= 4 is 23.1 Å². The lowest BCUT2D eigenvalue weighted by atomic mass is 9.91. The van der Waals surface area contributed by atoms with Gasteiger partial charge >= 0.3 is 0 Å². The Morgan fingerprint density at radius 3 is 2.69 bits per heavy atom. The summed E-state index contributed by atoms with van der Waals surface area (Å²) in [5.74, 6) is 0.352. The van der Waals surface area contributed by atoms with Crippen LogP contribution in [-0.2, 0) is 6.42 Å². The third kappa shape index (κ3) is 2.90. The van der Waals surface area contributed by atoms with Crippen LogP contribution < -0.4 is 16.4 Å². The van der Waals surface area contributed by atoms with Gasteiger partial charge in [-0.3, -0.25) is 4.79 Å². The second-order valence-electron chi connectivity index (χ2n) is 7.20. The van der Waals surface area contributed by atoms with E-state index in [1.165, 1.54) is 0 Å². The summed E-state index contributed by atoms with van der Waals surface area (Å²) < 4.78 is 0. The maximum Gasteiger partial charge on any atom is 0.255 e. The number of fused-ring (bicyclic) bond motifs is 1. The van der Waals surface area contributed by atoms with E-state index < -0.39 is 0 Å². The molecule has 5 N–H and O–H groups in total. The molecule has 1 aliphatic heterocycles. The second-order valence-corrected chi connectivity index (χ2v) is 7.20. The quantitative estimate of drug-likeness (QED) is 0.583. The minimum Gasteiger partial charge on any atom is -0.384 e. The molecule has 3 aromatic rings. The van der Waals surface area contributed by atoms with E-state index in [2.05, 4.69) is 20.6 Å². The number of hydrogen-bond donors (Lipinski definition) is 4.